The zero-order chi connectivity index (χ0) is 24.8. The lowest BCUT2D eigenvalue weighted by Crippen LogP contribution is -2.48. The lowest BCUT2D eigenvalue weighted by atomic mass is 9.79. The molecule has 1 saturated heterocycles. The van der Waals surface area contributed by atoms with Gasteiger partial charge in [0.15, 0.2) is 0 Å². The zero-order valence-electron chi connectivity index (χ0n) is 19.5. The monoisotopic (exact) mass is 483 g/mol. The van der Waals surface area contributed by atoms with Gasteiger partial charge < -0.3 is 4.90 Å². The summed E-state index contributed by atoms with van der Waals surface area (Å²) < 4.78 is 15.1. The van der Waals surface area contributed by atoms with Crippen molar-refractivity contribution in [3.63, 3.8) is 0 Å². The number of rotatable bonds is 5. The second-order valence-corrected chi connectivity index (χ2v) is 10.3. The summed E-state index contributed by atoms with van der Waals surface area (Å²) in [6.45, 7) is 9.23. The minimum absolute atomic E-state index is 0.00967. The van der Waals surface area contributed by atoms with Crippen LogP contribution in [-0.4, -0.2) is 33.1 Å². The Labute approximate surface area is 201 Å². The van der Waals surface area contributed by atoms with E-state index in [-0.39, 0.29) is 34.2 Å². The molecule has 1 atom stereocenters. The highest BCUT2D eigenvalue weighted by molar-refractivity contribution is 8.18. The molecule has 7 nitrogen and oxygen atoms in total. The van der Waals surface area contributed by atoms with Gasteiger partial charge in [0, 0.05) is 35.5 Å². The van der Waals surface area contributed by atoms with Gasteiger partial charge in [-0.05, 0) is 74.2 Å². The molecule has 2 heterocycles. The van der Waals surface area contributed by atoms with Crippen molar-refractivity contribution in [3.05, 3.63) is 73.9 Å². The van der Waals surface area contributed by atoms with E-state index in [0.717, 1.165) is 40.9 Å². The SMILES string of the molecule is CCN1c2cc(F)c(/C=C3/SC(=O)N(Cc4ccc([N+](=O)[O-])cc4)C3=O)cc2C(C)CC1(C)C. The molecule has 4 rings (SSSR count). The first kappa shape index (κ1) is 23.9. The number of anilines is 1. The molecule has 2 aromatic rings. The van der Waals surface area contributed by atoms with Crippen LogP contribution in [0, 0.1) is 15.9 Å². The number of nitro benzene ring substituents is 1. The normalized spacial score (nSPS) is 20.7. The number of fused-ring (bicyclic) bond motifs is 1. The molecule has 0 spiro atoms. The number of benzene rings is 2. The molecule has 0 N–H and O–H groups in total. The molecule has 2 amide bonds. The molecule has 178 valence electrons. The molecule has 2 aromatic carbocycles. The van der Waals surface area contributed by atoms with Gasteiger partial charge in [0.2, 0.25) is 0 Å². The number of amides is 2. The summed E-state index contributed by atoms with van der Waals surface area (Å²) in [5, 5.41) is 10.4. The van der Waals surface area contributed by atoms with E-state index in [0.29, 0.717) is 5.56 Å². The standard InChI is InChI=1S/C25H26FN3O4S/c1-5-28-21-12-20(26)17(10-19(21)15(2)13-25(28,3)4)11-22-23(30)27(24(31)34-22)14-16-6-8-18(9-7-16)29(32)33/h6-12,15H,5,13-14H2,1-4H3/b22-11+. The largest absolute Gasteiger partial charge is 0.366 e. The number of hydrogen-bond donors (Lipinski definition) is 0. The number of thioether (sulfide) groups is 1. The van der Waals surface area contributed by atoms with E-state index in [1.807, 2.05) is 6.92 Å². The number of halogens is 1. The van der Waals surface area contributed by atoms with Crippen LogP contribution >= 0.6 is 11.8 Å². The quantitative estimate of drug-likeness (QED) is 0.291. The maximum absolute atomic E-state index is 15.1. The van der Waals surface area contributed by atoms with Crippen molar-refractivity contribution >= 4 is 40.4 Å². The highest BCUT2D eigenvalue weighted by Gasteiger charge is 2.37. The summed E-state index contributed by atoms with van der Waals surface area (Å²) in [4.78, 5) is 39.2. The Balaban J connectivity index is 1.61. The van der Waals surface area contributed by atoms with Crippen molar-refractivity contribution in [1.29, 1.82) is 0 Å². The highest BCUT2D eigenvalue weighted by Crippen LogP contribution is 2.44. The van der Waals surface area contributed by atoms with Gasteiger partial charge in [0.1, 0.15) is 5.82 Å². The van der Waals surface area contributed by atoms with Gasteiger partial charge in [-0.1, -0.05) is 19.1 Å². The first-order valence-electron chi connectivity index (χ1n) is 11.1. The Morgan fingerprint density at radius 1 is 1.24 bits per heavy atom. The molecule has 0 saturated carbocycles. The lowest BCUT2D eigenvalue weighted by molar-refractivity contribution is -0.384. The Bertz CT molecular complexity index is 1210. The smallest absolute Gasteiger partial charge is 0.293 e. The second kappa shape index (κ2) is 8.87. The van der Waals surface area contributed by atoms with Crippen molar-refractivity contribution in [2.24, 2.45) is 0 Å². The average Bonchev–Trinajstić information content (AvgIpc) is 3.02. The summed E-state index contributed by atoms with van der Waals surface area (Å²) in [5.74, 6) is -0.725. The van der Waals surface area contributed by atoms with Crippen LogP contribution in [0.3, 0.4) is 0 Å². The van der Waals surface area contributed by atoms with Gasteiger partial charge in [0.05, 0.1) is 16.4 Å². The molecule has 1 unspecified atom stereocenters. The summed E-state index contributed by atoms with van der Waals surface area (Å²) >= 11 is 0.769. The molecule has 2 aliphatic rings. The van der Waals surface area contributed by atoms with Crippen LogP contribution < -0.4 is 4.90 Å². The van der Waals surface area contributed by atoms with Crippen molar-refractivity contribution in [3.8, 4) is 0 Å². The molecule has 9 heteroatoms. The Morgan fingerprint density at radius 2 is 1.91 bits per heavy atom. The minimum Gasteiger partial charge on any atom is -0.366 e. The Morgan fingerprint density at radius 3 is 2.53 bits per heavy atom. The van der Waals surface area contributed by atoms with Crippen molar-refractivity contribution in [1.82, 2.24) is 4.90 Å². The van der Waals surface area contributed by atoms with Crippen molar-refractivity contribution in [2.75, 3.05) is 11.4 Å². The fraction of sp³-hybridized carbons (Fsp3) is 0.360. The van der Waals surface area contributed by atoms with Crippen LogP contribution in [0.1, 0.15) is 56.7 Å². The van der Waals surface area contributed by atoms with E-state index < -0.39 is 21.9 Å². The van der Waals surface area contributed by atoms with Crippen LogP contribution in [0.4, 0.5) is 20.6 Å². The zero-order valence-corrected chi connectivity index (χ0v) is 20.3. The van der Waals surface area contributed by atoms with Crippen LogP contribution in [0.5, 0.6) is 0 Å². The molecule has 2 aliphatic heterocycles. The number of non-ortho nitro benzene ring substituents is 1. The predicted octanol–water partition coefficient (Wildman–Crippen LogP) is 6.08. The summed E-state index contributed by atoms with van der Waals surface area (Å²) in [6, 6.07) is 9.00. The molecule has 0 bridgehead atoms. The maximum Gasteiger partial charge on any atom is 0.293 e. The third kappa shape index (κ3) is 4.32. The summed E-state index contributed by atoms with van der Waals surface area (Å²) in [6.07, 6.45) is 2.36. The van der Waals surface area contributed by atoms with Crippen LogP contribution in [0.2, 0.25) is 0 Å². The number of nitro groups is 1. The molecular formula is C25H26FN3O4S. The fourth-order valence-corrected chi connectivity index (χ4v) is 5.74. The van der Waals surface area contributed by atoms with E-state index in [2.05, 4.69) is 25.7 Å². The van der Waals surface area contributed by atoms with Gasteiger partial charge in [-0.3, -0.25) is 24.6 Å². The summed E-state index contributed by atoms with van der Waals surface area (Å²) in [7, 11) is 0. The van der Waals surface area contributed by atoms with E-state index >= 15 is 4.39 Å². The average molecular weight is 484 g/mol. The first-order chi connectivity index (χ1) is 16.0. The predicted molar refractivity (Wildman–Crippen MR) is 131 cm³/mol. The molecule has 1 fully saturated rings. The van der Waals surface area contributed by atoms with Crippen LogP contribution in [0.25, 0.3) is 6.08 Å². The molecule has 0 aromatic heterocycles. The lowest BCUT2D eigenvalue weighted by Gasteiger charge is -2.47. The molecule has 34 heavy (non-hydrogen) atoms. The van der Waals surface area contributed by atoms with Crippen LogP contribution in [-0.2, 0) is 11.3 Å². The van der Waals surface area contributed by atoms with Gasteiger partial charge >= 0.3 is 0 Å². The van der Waals surface area contributed by atoms with Gasteiger partial charge in [-0.25, -0.2) is 4.39 Å². The number of nitrogens with zero attached hydrogens (tertiary/aromatic N) is 3. The summed E-state index contributed by atoms with van der Waals surface area (Å²) in [5.41, 5.74) is 2.61. The number of carbonyl (C=O) groups is 2. The minimum atomic E-state index is -0.513. The van der Waals surface area contributed by atoms with E-state index in [1.165, 1.54) is 36.4 Å². The highest BCUT2D eigenvalue weighted by atomic mass is 32.2. The number of carbonyl (C=O) groups excluding carboxylic acids is 2. The fourth-order valence-electron chi connectivity index (χ4n) is 4.91. The van der Waals surface area contributed by atoms with E-state index in [9.17, 15) is 19.7 Å². The third-order valence-electron chi connectivity index (χ3n) is 6.47. The molecular weight excluding hydrogens is 457 g/mol. The van der Waals surface area contributed by atoms with Gasteiger partial charge in [0.25, 0.3) is 16.8 Å². The van der Waals surface area contributed by atoms with Crippen molar-refractivity contribution in [2.45, 2.75) is 52.1 Å². The third-order valence-corrected chi connectivity index (χ3v) is 7.38. The van der Waals surface area contributed by atoms with Gasteiger partial charge in [-0.15, -0.1) is 0 Å². The van der Waals surface area contributed by atoms with E-state index in [1.54, 1.807) is 6.07 Å². The van der Waals surface area contributed by atoms with Crippen molar-refractivity contribution < 1.29 is 18.9 Å². The Hall–Kier alpha value is -3.20. The molecule has 0 radical (unpaired) electrons. The number of hydrogen-bond acceptors (Lipinski definition) is 6. The van der Waals surface area contributed by atoms with E-state index in [4.69, 9.17) is 0 Å². The topological polar surface area (TPSA) is 83.8 Å². The van der Waals surface area contributed by atoms with Gasteiger partial charge in [-0.2, -0.15) is 0 Å². The number of imide groups is 1. The first-order valence-corrected chi connectivity index (χ1v) is 11.9. The maximum atomic E-state index is 15.1. The second-order valence-electron chi connectivity index (χ2n) is 9.29. The van der Waals surface area contributed by atoms with Crippen LogP contribution in [0.15, 0.2) is 41.3 Å². The Kier molecular flexibility index (Phi) is 6.24. The molecule has 0 aliphatic carbocycles.